The summed E-state index contributed by atoms with van der Waals surface area (Å²) in [6, 6.07) is 15.0. The highest BCUT2D eigenvalue weighted by Crippen LogP contribution is 2.22. The summed E-state index contributed by atoms with van der Waals surface area (Å²) in [5.74, 6) is 0. The van der Waals surface area contributed by atoms with Gasteiger partial charge < -0.3 is 0 Å². The van der Waals surface area contributed by atoms with E-state index in [9.17, 15) is 16.8 Å². The largest absolute Gasteiger partial charge is 0.374 e. The van der Waals surface area contributed by atoms with E-state index in [0.717, 1.165) is 16.3 Å². The summed E-state index contributed by atoms with van der Waals surface area (Å²) in [5, 5.41) is 0. The molecule has 0 aliphatic rings. The minimum absolute atomic E-state index is 0.196. The lowest BCUT2D eigenvalue weighted by molar-refractivity contribution is 0.478. The van der Waals surface area contributed by atoms with E-state index in [1.807, 2.05) is 19.1 Å². The smallest absolute Gasteiger partial charge is 0.269 e. The maximum atomic E-state index is 11.1. The molecule has 150 valence electrons. The molecule has 0 saturated heterocycles. The number of hydrogen-bond acceptors (Lipinski definition) is 4. The first kappa shape index (κ1) is 23.2. The van der Waals surface area contributed by atoms with Crippen LogP contribution in [0.1, 0.15) is 19.4 Å². The molecule has 11 heteroatoms. The van der Waals surface area contributed by atoms with Gasteiger partial charge in [-0.25, -0.2) is 4.31 Å². The monoisotopic (exact) mass is 436 g/mol. The van der Waals surface area contributed by atoms with Crippen LogP contribution in [-0.2, 0) is 27.0 Å². The van der Waals surface area contributed by atoms with Gasteiger partial charge in [0.05, 0.1) is 11.4 Å². The van der Waals surface area contributed by atoms with E-state index in [1.54, 1.807) is 37.3 Å². The molecule has 0 unspecified atom stereocenters. The van der Waals surface area contributed by atoms with Crippen LogP contribution in [-0.4, -0.2) is 32.5 Å². The first-order chi connectivity index (χ1) is 12.5. The second kappa shape index (κ2) is 9.90. The van der Waals surface area contributed by atoms with E-state index in [4.69, 9.17) is 20.9 Å². The van der Waals surface area contributed by atoms with Crippen molar-refractivity contribution in [3.8, 4) is 0 Å². The lowest BCUT2D eigenvalue weighted by Gasteiger charge is -2.21. The summed E-state index contributed by atoms with van der Waals surface area (Å²) in [5.41, 5.74) is 1.64. The van der Waals surface area contributed by atoms with Gasteiger partial charge in [-0.15, -0.1) is 0 Å². The van der Waals surface area contributed by atoms with Crippen LogP contribution in [0.25, 0.3) is 0 Å². The van der Waals surface area contributed by atoms with Crippen molar-refractivity contribution in [3.63, 3.8) is 0 Å². The number of benzene rings is 2. The van der Waals surface area contributed by atoms with Gasteiger partial charge in [-0.3, -0.25) is 9.11 Å². The van der Waals surface area contributed by atoms with E-state index >= 15 is 0 Å². The number of nitrogens with zero attached hydrogens (tertiary/aromatic N) is 2. The van der Waals surface area contributed by atoms with E-state index < -0.39 is 20.6 Å². The molecule has 8 nitrogen and oxygen atoms in total. The van der Waals surface area contributed by atoms with Crippen LogP contribution in [0.4, 0.5) is 11.4 Å². The molecule has 0 aromatic heterocycles. The number of para-hydroxylation sites is 2. The first-order valence-corrected chi connectivity index (χ1v) is 11.0. The van der Waals surface area contributed by atoms with Gasteiger partial charge >= 0.3 is 20.6 Å². The topological polar surface area (TPSA) is 115 Å². The summed E-state index contributed by atoms with van der Waals surface area (Å²) >= 11 is 5.28. The van der Waals surface area contributed by atoms with E-state index in [2.05, 4.69) is 0 Å². The zero-order chi connectivity index (χ0) is 20.7. The number of anilines is 2. The minimum atomic E-state index is -4.36. The molecule has 0 amide bonds. The van der Waals surface area contributed by atoms with Crippen molar-refractivity contribution in [1.29, 1.82) is 0 Å². The van der Waals surface area contributed by atoms with Crippen molar-refractivity contribution in [2.24, 2.45) is 0 Å². The number of hydrogen-bond donors (Lipinski definition) is 2. The van der Waals surface area contributed by atoms with Gasteiger partial charge in [-0.05, 0) is 37.1 Å². The molecular weight excluding hydrogens is 416 g/mol. The van der Waals surface area contributed by atoms with Crippen LogP contribution in [0.5, 0.6) is 0 Å². The average Bonchev–Trinajstić information content (AvgIpc) is 2.61. The van der Waals surface area contributed by atoms with Gasteiger partial charge in [0, 0.05) is 18.3 Å². The van der Waals surface area contributed by atoms with Gasteiger partial charge in [-0.1, -0.05) is 43.3 Å². The highest BCUT2D eigenvalue weighted by atomic mass is 35.5. The van der Waals surface area contributed by atoms with Crippen LogP contribution < -0.4 is 8.13 Å². The van der Waals surface area contributed by atoms with Crippen LogP contribution in [0.2, 0.25) is 0 Å². The molecule has 0 radical (unpaired) electrons. The molecule has 0 saturated carbocycles. The quantitative estimate of drug-likeness (QED) is 0.530. The average molecular weight is 437 g/mol. The number of halogens is 1. The standard InChI is InChI=1S/C10H15NO3S.C6H6ClNO3S/c1-3-9-7-5-6-8-10(9)11(4-2)15(12,13)14;7-8(12(9,10)11)6-4-2-1-3-5-6/h5-8H,3-4H2,1-2H3,(H,12,13,14);1-5H,(H,9,10,11). The molecule has 27 heavy (non-hydrogen) atoms. The van der Waals surface area contributed by atoms with Crippen molar-refractivity contribution in [2.45, 2.75) is 20.3 Å². The van der Waals surface area contributed by atoms with Crippen LogP contribution in [0.15, 0.2) is 54.6 Å². The lowest BCUT2D eigenvalue weighted by Crippen LogP contribution is -2.30. The third kappa shape index (κ3) is 7.00. The molecule has 0 aliphatic carbocycles. The van der Waals surface area contributed by atoms with Crippen LogP contribution in [0.3, 0.4) is 0 Å². The molecule has 2 rings (SSSR count). The molecule has 0 heterocycles. The Kier molecular flexibility index (Phi) is 8.51. The Morgan fingerprint density at radius 2 is 1.37 bits per heavy atom. The Morgan fingerprint density at radius 1 is 0.852 bits per heavy atom. The Hall–Kier alpha value is -1.85. The van der Waals surface area contributed by atoms with Crippen molar-refractivity contribution < 1.29 is 25.9 Å². The van der Waals surface area contributed by atoms with Crippen molar-refractivity contribution in [2.75, 3.05) is 14.7 Å². The lowest BCUT2D eigenvalue weighted by atomic mass is 10.1. The zero-order valence-corrected chi connectivity index (χ0v) is 17.1. The van der Waals surface area contributed by atoms with E-state index in [0.29, 0.717) is 5.69 Å². The second-order valence-electron chi connectivity index (χ2n) is 5.15. The maximum absolute atomic E-state index is 11.1. The Bertz CT molecular complexity index is 936. The van der Waals surface area contributed by atoms with Gasteiger partial charge in [-0.2, -0.15) is 20.7 Å². The fourth-order valence-corrected chi connectivity index (χ4v) is 3.44. The predicted molar refractivity (Wildman–Crippen MR) is 107 cm³/mol. The van der Waals surface area contributed by atoms with Gasteiger partial charge in [0.15, 0.2) is 0 Å². The maximum Gasteiger partial charge on any atom is 0.374 e. The minimum Gasteiger partial charge on any atom is -0.269 e. The highest BCUT2D eigenvalue weighted by Gasteiger charge is 2.19. The third-order valence-electron chi connectivity index (χ3n) is 3.37. The Balaban J connectivity index is 0.000000277. The number of rotatable bonds is 6. The third-order valence-corrected chi connectivity index (χ3v) is 5.71. The molecule has 0 bridgehead atoms. The Labute approximate surface area is 164 Å². The van der Waals surface area contributed by atoms with Gasteiger partial charge in [0.2, 0.25) is 0 Å². The Morgan fingerprint density at radius 3 is 1.81 bits per heavy atom. The summed E-state index contributed by atoms with van der Waals surface area (Å²) in [4.78, 5) is 0. The van der Waals surface area contributed by atoms with E-state index in [1.165, 1.54) is 12.1 Å². The van der Waals surface area contributed by atoms with Crippen molar-refractivity contribution >= 4 is 43.8 Å². The van der Waals surface area contributed by atoms with Crippen LogP contribution >= 0.6 is 11.8 Å². The second-order valence-corrected chi connectivity index (χ2v) is 8.29. The normalized spacial score (nSPS) is 11.3. The summed E-state index contributed by atoms with van der Waals surface area (Å²) in [6.07, 6.45) is 0.724. The molecule has 2 aromatic carbocycles. The summed E-state index contributed by atoms with van der Waals surface area (Å²) < 4.78 is 62.0. The highest BCUT2D eigenvalue weighted by molar-refractivity contribution is 7.88. The van der Waals surface area contributed by atoms with Crippen molar-refractivity contribution in [1.82, 2.24) is 0 Å². The zero-order valence-electron chi connectivity index (χ0n) is 14.7. The first-order valence-electron chi connectivity index (χ1n) is 7.84. The SMILES string of the molecule is CCc1ccccc1N(CC)S(=O)(=O)O.O=S(=O)(O)N(Cl)c1ccccc1. The molecule has 0 fully saturated rings. The fraction of sp³-hybridized carbons (Fsp3) is 0.250. The molecular formula is C16H21ClN2O6S2. The van der Waals surface area contributed by atoms with Gasteiger partial charge in [0.25, 0.3) is 0 Å². The summed E-state index contributed by atoms with van der Waals surface area (Å²) in [6.45, 7) is 3.84. The predicted octanol–water partition coefficient (Wildman–Crippen LogP) is 3.33. The van der Waals surface area contributed by atoms with E-state index in [-0.39, 0.29) is 16.1 Å². The van der Waals surface area contributed by atoms with Crippen molar-refractivity contribution in [3.05, 3.63) is 60.2 Å². The summed E-state index contributed by atoms with van der Waals surface area (Å²) in [7, 11) is -8.52. The molecule has 0 atom stereocenters. The molecule has 0 spiro atoms. The fourth-order valence-electron chi connectivity index (χ4n) is 2.19. The number of aryl methyl sites for hydroxylation is 1. The molecule has 2 aromatic rings. The van der Waals surface area contributed by atoms with Crippen LogP contribution in [0, 0.1) is 0 Å². The molecule has 2 N–H and O–H groups in total. The van der Waals surface area contributed by atoms with Gasteiger partial charge in [0.1, 0.15) is 0 Å². The molecule has 0 aliphatic heterocycles.